The van der Waals surface area contributed by atoms with Gasteiger partial charge in [-0.2, -0.15) is 0 Å². The van der Waals surface area contributed by atoms with Crippen LogP contribution in [-0.2, 0) is 4.74 Å². The van der Waals surface area contributed by atoms with E-state index in [0.29, 0.717) is 12.3 Å². The zero-order valence-corrected chi connectivity index (χ0v) is 11.6. The van der Waals surface area contributed by atoms with E-state index in [9.17, 15) is 9.59 Å². The van der Waals surface area contributed by atoms with Gasteiger partial charge >= 0.3 is 12.0 Å². The molecule has 110 valence electrons. The number of rotatable bonds is 6. The van der Waals surface area contributed by atoms with Crippen molar-refractivity contribution >= 4 is 17.7 Å². The van der Waals surface area contributed by atoms with Crippen LogP contribution in [0.3, 0.4) is 0 Å². The molecule has 0 aliphatic rings. The van der Waals surface area contributed by atoms with Crippen LogP contribution in [0, 0.1) is 0 Å². The summed E-state index contributed by atoms with van der Waals surface area (Å²) in [5, 5.41) is 14.2. The summed E-state index contributed by atoms with van der Waals surface area (Å²) in [4.78, 5) is 22.6. The molecule has 0 radical (unpaired) electrons. The fourth-order valence-corrected chi connectivity index (χ4v) is 1.63. The van der Waals surface area contributed by atoms with Crippen LogP contribution in [0.25, 0.3) is 0 Å². The van der Waals surface area contributed by atoms with Crippen LogP contribution in [0.2, 0.25) is 0 Å². The number of carboxylic acids is 1. The molecular weight excluding hydrogens is 264 g/mol. The van der Waals surface area contributed by atoms with E-state index in [1.807, 2.05) is 0 Å². The third-order valence-corrected chi connectivity index (χ3v) is 2.48. The van der Waals surface area contributed by atoms with E-state index in [4.69, 9.17) is 14.6 Å². The SMILES string of the molecule is COCC(C)NC(=O)Nc1ccc(C(=O)O)c(OC)c1. The molecular formula is C13H18N2O5. The summed E-state index contributed by atoms with van der Waals surface area (Å²) in [7, 11) is 2.91. The summed E-state index contributed by atoms with van der Waals surface area (Å²) in [5.41, 5.74) is 0.472. The van der Waals surface area contributed by atoms with Crippen LogP contribution in [0.4, 0.5) is 10.5 Å². The van der Waals surface area contributed by atoms with Crippen molar-refractivity contribution in [3.63, 3.8) is 0 Å². The molecule has 0 aromatic heterocycles. The van der Waals surface area contributed by atoms with E-state index >= 15 is 0 Å². The molecule has 1 unspecified atom stereocenters. The first-order valence-corrected chi connectivity index (χ1v) is 5.95. The van der Waals surface area contributed by atoms with Gasteiger partial charge in [-0.1, -0.05) is 0 Å². The van der Waals surface area contributed by atoms with Crippen molar-refractivity contribution in [2.45, 2.75) is 13.0 Å². The Morgan fingerprint density at radius 1 is 1.35 bits per heavy atom. The predicted molar refractivity (Wildman–Crippen MR) is 73.4 cm³/mol. The first-order valence-electron chi connectivity index (χ1n) is 5.95. The molecule has 1 aromatic rings. The normalized spacial score (nSPS) is 11.6. The Morgan fingerprint density at radius 2 is 2.05 bits per heavy atom. The maximum absolute atomic E-state index is 11.7. The zero-order valence-electron chi connectivity index (χ0n) is 11.6. The standard InChI is InChI=1S/C13H18N2O5/c1-8(7-19-2)14-13(18)15-9-4-5-10(12(16)17)11(6-9)20-3/h4-6,8H,7H2,1-3H3,(H,16,17)(H2,14,15,18). The number of carbonyl (C=O) groups is 2. The molecule has 7 heteroatoms. The quantitative estimate of drug-likeness (QED) is 0.735. The van der Waals surface area contributed by atoms with E-state index in [2.05, 4.69) is 10.6 Å². The zero-order chi connectivity index (χ0) is 15.1. The van der Waals surface area contributed by atoms with Crippen molar-refractivity contribution in [1.82, 2.24) is 5.32 Å². The summed E-state index contributed by atoms with van der Waals surface area (Å²) < 4.78 is 9.88. The number of hydrogen-bond acceptors (Lipinski definition) is 4. The van der Waals surface area contributed by atoms with Crippen LogP contribution < -0.4 is 15.4 Å². The largest absolute Gasteiger partial charge is 0.496 e. The van der Waals surface area contributed by atoms with Crippen LogP contribution in [0.1, 0.15) is 17.3 Å². The molecule has 7 nitrogen and oxygen atoms in total. The smallest absolute Gasteiger partial charge is 0.339 e. The molecule has 1 rings (SSSR count). The van der Waals surface area contributed by atoms with E-state index in [0.717, 1.165) is 0 Å². The summed E-state index contributed by atoms with van der Waals surface area (Å²) >= 11 is 0. The third-order valence-electron chi connectivity index (χ3n) is 2.48. The molecule has 0 saturated heterocycles. The highest BCUT2D eigenvalue weighted by Gasteiger charge is 2.13. The van der Waals surface area contributed by atoms with Gasteiger partial charge in [0.2, 0.25) is 0 Å². The Labute approximate surface area is 116 Å². The molecule has 1 aromatic carbocycles. The number of aromatic carboxylic acids is 1. The maximum atomic E-state index is 11.7. The number of ether oxygens (including phenoxy) is 2. The molecule has 1 atom stereocenters. The topological polar surface area (TPSA) is 96.9 Å². The summed E-state index contributed by atoms with van der Waals surface area (Å²) in [5.74, 6) is -0.910. The highest BCUT2D eigenvalue weighted by atomic mass is 16.5. The van der Waals surface area contributed by atoms with Crippen LogP contribution >= 0.6 is 0 Å². The first kappa shape index (κ1) is 15.8. The monoisotopic (exact) mass is 282 g/mol. The summed E-state index contributed by atoms with van der Waals surface area (Å²) in [6.07, 6.45) is 0. The lowest BCUT2D eigenvalue weighted by molar-refractivity contribution is 0.0693. The minimum Gasteiger partial charge on any atom is -0.496 e. The second kappa shape index (κ2) is 7.34. The number of hydrogen-bond donors (Lipinski definition) is 3. The van der Waals surface area contributed by atoms with Gasteiger partial charge in [0.15, 0.2) is 0 Å². The van der Waals surface area contributed by atoms with Crippen molar-refractivity contribution in [2.24, 2.45) is 0 Å². The number of methoxy groups -OCH3 is 2. The lowest BCUT2D eigenvalue weighted by Crippen LogP contribution is -2.38. The van der Waals surface area contributed by atoms with Crippen LogP contribution in [0.15, 0.2) is 18.2 Å². The highest BCUT2D eigenvalue weighted by molar-refractivity contribution is 5.94. The van der Waals surface area contributed by atoms with Gasteiger partial charge in [0.05, 0.1) is 19.8 Å². The Balaban J connectivity index is 2.73. The molecule has 0 heterocycles. The Morgan fingerprint density at radius 3 is 2.60 bits per heavy atom. The highest BCUT2D eigenvalue weighted by Crippen LogP contribution is 2.23. The maximum Gasteiger partial charge on any atom is 0.339 e. The van der Waals surface area contributed by atoms with Crippen molar-refractivity contribution in [1.29, 1.82) is 0 Å². The van der Waals surface area contributed by atoms with Gasteiger partial charge in [-0.25, -0.2) is 9.59 Å². The molecule has 0 bridgehead atoms. The average molecular weight is 282 g/mol. The van der Waals surface area contributed by atoms with Crippen molar-refractivity contribution < 1.29 is 24.2 Å². The Bertz CT molecular complexity index is 490. The number of anilines is 1. The van der Waals surface area contributed by atoms with E-state index < -0.39 is 12.0 Å². The third kappa shape index (κ3) is 4.43. The van der Waals surface area contributed by atoms with Gasteiger partial charge in [-0.05, 0) is 19.1 Å². The molecule has 0 fully saturated rings. The minimum atomic E-state index is -1.09. The average Bonchev–Trinajstić information content (AvgIpc) is 2.38. The fourth-order valence-electron chi connectivity index (χ4n) is 1.63. The molecule has 0 saturated carbocycles. The van der Waals surface area contributed by atoms with E-state index in [1.165, 1.54) is 25.3 Å². The predicted octanol–water partition coefficient (Wildman–Crippen LogP) is 1.55. The number of urea groups is 1. The van der Waals surface area contributed by atoms with Gasteiger partial charge in [0.25, 0.3) is 0 Å². The second-order valence-electron chi connectivity index (χ2n) is 4.18. The van der Waals surface area contributed by atoms with Crippen molar-refractivity contribution in [3.05, 3.63) is 23.8 Å². The lowest BCUT2D eigenvalue weighted by Gasteiger charge is -2.14. The van der Waals surface area contributed by atoms with Gasteiger partial charge in [0, 0.05) is 18.9 Å². The molecule has 0 aliphatic carbocycles. The summed E-state index contributed by atoms with van der Waals surface area (Å²) in [6.45, 7) is 2.20. The second-order valence-corrected chi connectivity index (χ2v) is 4.18. The number of nitrogens with one attached hydrogen (secondary N) is 2. The number of carbonyl (C=O) groups excluding carboxylic acids is 1. The molecule has 3 N–H and O–H groups in total. The number of amides is 2. The molecule has 0 aliphatic heterocycles. The van der Waals surface area contributed by atoms with E-state index in [1.54, 1.807) is 14.0 Å². The van der Waals surface area contributed by atoms with Crippen LogP contribution in [-0.4, -0.2) is 44.0 Å². The van der Waals surface area contributed by atoms with Crippen molar-refractivity contribution in [2.75, 3.05) is 26.1 Å². The fraction of sp³-hybridized carbons (Fsp3) is 0.385. The minimum absolute atomic E-state index is 0.0335. The van der Waals surface area contributed by atoms with Gasteiger partial charge < -0.3 is 25.2 Å². The van der Waals surface area contributed by atoms with Gasteiger partial charge in [-0.15, -0.1) is 0 Å². The number of benzene rings is 1. The van der Waals surface area contributed by atoms with Gasteiger partial charge in [-0.3, -0.25) is 0 Å². The van der Waals surface area contributed by atoms with Crippen LogP contribution in [0.5, 0.6) is 5.75 Å². The lowest BCUT2D eigenvalue weighted by atomic mass is 10.2. The Hall–Kier alpha value is -2.28. The van der Waals surface area contributed by atoms with E-state index in [-0.39, 0.29) is 17.4 Å². The molecule has 2 amide bonds. The Kier molecular flexibility index (Phi) is 5.79. The molecule has 0 spiro atoms. The first-order chi connectivity index (χ1) is 9.47. The molecule has 20 heavy (non-hydrogen) atoms. The summed E-state index contributed by atoms with van der Waals surface area (Å²) in [6, 6.07) is 3.77. The van der Waals surface area contributed by atoms with Crippen molar-refractivity contribution in [3.8, 4) is 5.75 Å². The number of carboxylic acid groups (broad SMARTS) is 1. The van der Waals surface area contributed by atoms with Gasteiger partial charge in [0.1, 0.15) is 11.3 Å².